The highest BCUT2D eigenvalue weighted by Crippen LogP contribution is 2.27. The maximum absolute atomic E-state index is 12.9. The minimum Gasteiger partial charge on any atom is -0.463 e. The number of hydrogen-bond donors (Lipinski definition) is 3. The number of nitrogens with two attached hydrogens (primary N) is 1. The molecule has 0 saturated heterocycles. The molecule has 1 unspecified atom stereocenters. The first kappa shape index (κ1) is 27.7. The Morgan fingerprint density at radius 3 is 2.34 bits per heavy atom. The zero-order chi connectivity index (χ0) is 24.6. The Bertz CT molecular complexity index is 1250. The molecule has 10 heteroatoms. The monoisotopic (exact) mass is 516 g/mol. The lowest BCUT2D eigenvalue weighted by molar-refractivity contribution is -0.141. The SMILES string of the molecule is CCc1cc(NS(=O)(=O)c2ccccc2)cc(C(COC(C)=O)Nc2ccc(C=NN)cc2)c1.Cl. The van der Waals surface area contributed by atoms with E-state index in [1.165, 1.54) is 25.3 Å². The molecular weight excluding hydrogens is 488 g/mol. The van der Waals surface area contributed by atoms with E-state index in [0.29, 0.717) is 12.1 Å². The number of hydrogen-bond acceptors (Lipinski definition) is 7. The van der Waals surface area contributed by atoms with Crippen LogP contribution in [-0.4, -0.2) is 27.2 Å². The molecule has 0 amide bonds. The van der Waals surface area contributed by atoms with Crippen LogP contribution >= 0.6 is 12.4 Å². The number of esters is 1. The molecule has 0 aliphatic heterocycles. The minimum atomic E-state index is -3.75. The summed E-state index contributed by atoms with van der Waals surface area (Å²) in [6, 6.07) is 20.7. The van der Waals surface area contributed by atoms with Crippen molar-refractivity contribution < 1.29 is 17.9 Å². The van der Waals surface area contributed by atoms with Gasteiger partial charge in [-0.05, 0) is 59.5 Å². The van der Waals surface area contributed by atoms with Gasteiger partial charge in [0.15, 0.2) is 0 Å². The average Bonchev–Trinajstić information content (AvgIpc) is 2.83. The summed E-state index contributed by atoms with van der Waals surface area (Å²) in [4.78, 5) is 11.7. The molecule has 8 nitrogen and oxygen atoms in total. The number of halogens is 1. The third-order valence-electron chi connectivity index (χ3n) is 5.06. The van der Waals surface area contributed by atoms with Crippen molar-refractivity contribution >= 4 is 46.0 Å². The molecule has 4 N–H and O–H groups in total. The van der Waals surface area contributed by atoms with Gasteiger partial charge in [-0.15, -0.1) is 12.4 Å². The van der Waals surface area contributed by atoms with E-state index in [1.54, 1.807) is 30.3 Å². The summed E-state index contributed by atoms with van der Waals surface area (Å²) < 4.78 is 33.7. The van der Waals surface area contributed by atoms with E-state index < -0.39 is 22.0 Å². The maximum atomic E-state index is 12.9. The smallest absolute Gasteiger partial charge is 0.302 e. The van der Waals surface area contributed by atoms with Gasteiger partial charge in [0.2, 0.25) is 0 Å². The first-order valence-electron chi connectivity index (χ1n) is 10.8. The van der Waals surface area contributed by atoms with E-state index in [4.69, 9.17) is 10.6 Å². The van der Waals surface area contributed by atoms with Crippen LogP contribution in [-0.2, 0) is 26.0 Å². The fourth-order valence-corrected chi connectivity index (χ4v) is 4.43. The number of aryl methyl sites for hydroxylation is 1. The van der Waals surface area contributed by atoms with Crippen LogP contribution in [0.2, 0.25) is 0 Å². The average molecular weight is 517 g/mol. The summed E-state index contributed by atoms with van der Waals surface area (Å²) in [6.07, 6.45) is 2.23. The number of sulfonamides is 1. The Morgan fingerprint density at radius 2 is 1.74 bits per heavy atom. The number of nitrogens with zero attached hydrogens (tertiary/aromatic N) is 1. The van der Waals surface area contributed by atoms with Gasteiger partial charge in [-0.2, -0.15) is 5.10 Å². The summed E-state index contributed by atoms with van der Waals surface area (Å²) >= 11 is 0. The number of rotatable bonds is 10. The maximum Gasteiger partial charge on any atom is 0.302 e. The standard InChI is InChI=1S/C25H28N4O4S.ClH/c1-3-19-13-21(15-23(14-19)29-34(31,32)24-7-5-4-6-8-24)25(17-33-18(2)30)28-22-11-9-20(10-12-22)16-27-26;/h4-16,25,28-29H,3,17,26H2,1-2H3;1H. The highest BCUT2D eigenvalue weighted by molar-refractivity contribution is 7.92. The second kappa shape index (κ2) is 12.8. The molecule has 0 heterocycles. The highest BCUT2D eigenvalue weighted by atomic mass is 35.5. The van der Waals surface area contributed by atoms with E-state index in [9.17, 15) is 13.2 Å². The minimum absolute atomic E-state index is 0. The number of ether oxygens (including phenoxy) is 1. The fourth-order valence-electron chi connectivity index (χ4n) is 3.37. The summed E-state index contributed by atoms with van der Waals surface area (Å²) in [5.74, 6) is 4.80. The number of carbonyl (C=O) groups is 1. The lowest BCUT2D eigenvalue weighted by Crippen LogP contribution is -2.20. The van der Waals surface area contributed by atoms with Crippen LogP contribution < -0.4 is 15.9 Å². The van der Waals surface area contributed by atoms with Crippen LogP contribution in [0.1, 0.15) is 36.6 Å². The third kappa shape index (κ3) is 8.01. The van der Waals surface area contributed by atoms with Crippen LogP contribution in [0.4, 0.5) is 11.4 Å². The zero-order valence-electron chi connectivity index (χ0n) is 19.5. The molecule has 0 bridgehead atoms. The zero-order valence-corrected chi connectivity index (χ0v) is 21.1. The first-order valence-corrected chi connectivity index (χ1v) is 12.2. The van der Waals surface area contributed by atoms with Gasteiger partial charge in [0.1, 0.15) is 6.61 Å². The summed E-state index contributed by atoms with van der Waals surface area (Å²) in [7, 11) is -3.75. The normalized spacial score (nSPS) is 11.9. The van der Waals surface area contributed by atoms with Crippen LogP contribution in [0.3, 0.4) is 0 Å². The van der Waals surface area contributed by atoms with Gasteiger partial charge in [-0.25, -0.2) is 8.42 Å². The second-order valence-corrected chi connectivity index (χ2v) is 9.32. The van der Waals surface area contributed by atoms with E-state index in [2.05, 4.69) is 15.1 Å². The van der Waals surface area contributed by atoms with E-state index in [1.807, 2.05) is 37.3 Å². The van der Waals surface area contributed by atoms with Gasteiger partial charge >= 0.3 is 5.97 Å². The van der Waals surface area contributed by atoms with Crippen molar-refractivity contribution in [1.29, 1.82) is 0 Å². The van der Waals surface area contributed by atoms with Crippen molar-refractivity contribution in [2.75, 3.05) is 16.6 Å². The Hall–Kier alpha value is -3.56. The van der Waals surface area contributed by atoms with E-state index in [-0.39, 0.29) is 23.9 Å². The molecule has 0 aliphatic carbocycles. The molecule has 35 heavy (non-hydrogen) atoms. The summed E-state index contributed by atoms with van der Waals surface area (Å²) in [6.45, 7) is 3.40. The quantitative estimate of drug-likeness (QED) is 0.158. The van der Waals surface area contributed by atoms with Crippen molar-refractivity contribution in [2.45, 2.75) is 31.2 Å². The lowest BCUT2D eigenvalue weighted by atomic mass is 10.0. The number of benzene rings is 3. The number of nitrogens with one attached hydrogen (secondary N) is 2. The summed E-state index contributed by atoms with van der Waals surface area (Å²) in [5, 5.41) is 6.88. The molecule has 0 radical (unpaired) electrons. The lowest BCUT2D eigenvalue weighted by Gasteiger charge is -2.22. The van der Waals surface area contributed by atoms with Crippen molar-refractivity contribution in [3.8, 4) is 0 Å². The van der Waals surface area contributed by atoms with Crippen LogP contribution in [0.5, 0.6) is 0 Å². The van der Waals surface area contributed by atoms with Crippen LogP contribution in [0.15, 0.2) is 82.8 Å². The largest absolute Gasteiger partial charge is 0.463 e. The Kier molecular flexibility index (Phi) is 10.1. The third-order valence-corrected chi connectivity index (χ3v) is 6.46. The Labute approximate surface area is 212 Å². The Morgan fingerprint density at radius 1 is 1.06 bits per heavy atom. The van der Waals surface area contributed by atoms with Crippen molar-refractivity contribution in [1.82, 2.24) is 0 Å². The molecule has 3 rings (SSSR count). The highest BCUT2D eigenvalue weighted by Gasteiger charge is 2.18. The summed E-state index contributed by atoms with van der Waals surface area (Å²) in [5.41, 5.74) is 3.78. The second-order valence-electron chi connectivity index (χ2n) is 7.64. The molecule has 0 aliphatic rings. The molecule has 0 aromatic heterocycles. The molecule has 0 saturated carbocycles. The van der Waals surface area contributed by atoms with Gasteiger partial charge in [0.05, 0.1) is 17.2 Å². The van der Waals surface area contributed by atoms with E-state index in [0.717, 1.165) is 22.4 Å². The van der Waals surface area contributed by atoms with Crippen molar-refractivity contribution in [2.24, 2.45) is 10.9 Å². The number of hydrazone groups is 1. The molecule has 0 spiro atoms. The fraction of sp³-hybridized carbons (Fsp3) is 0.200. The molecule has 186 valence electrons. The van der Waals surface area contributed by atoms with Gasteiger partial charge in [0, 0.05) is 18.3 Å². The molecular formula is C25H29ClN4O4S. The van der Waals surface area contributed by atoms with Gasteiger partial charge < -0.3 is 15.9 Å². The molecule has 0 fully saturated rings. The molecule has 1 atom stereocenters. The van der Waals surface area contributed by atoms with Crippen molar-refractivity contribution in [3.05, 3.63) is 89.5 Å². The first-order chi connectivity index (χ1) is 16.3. The van der Waals surface area contributed by atoms with Gasteiger partial charge in [-0.3, -0.25) is 9.52 Å². The molecule has 3 aromatic carbocycles. The number of carbonyl (C=O) groups excluding carboxylic acids is 1. The predicted octanol–water partition coefficient (Wildman–Crippen LogP) is 4.48. The van der Waals surface area contributed by atoms with Gasteiger partial charge in [0.25, 0.3) is 10.0 Å². The predicted molar refractivity (Wildman–Crippen MR) is 142 cm³/mol. The van der Waals surface area contributed by atoms with Gasteiger partial charge in [-0.1, -0.05) is 43.3 Å². The van der Waals surface area contributed by atoms with Crippen LogP contribution in [0, 0.1) is 0 Å². The molecule has 3 aromatic rings. The Balaban J connectivity index is 0.00000432. The number of anilines is 2. The van der Waals surface area contributed by atoms with Crippen LogP contribution in [0.25, 0.3) is 0 Å². The topological polar surface area (TPSA) is 123 Å². The van der Waals surface area contributed by atoms with E-state index >= 15 is 0 Å². The van der Waals surface area contributed by atoms with Crippen molar-refractivity contribution in [3.63, 3.8) is 0 Å².